The summed E-state index contributed by atoms with van der Waals surface area (Å²) in [5.41, 5.74) is 2.82. The maximum Gasteiger partial charge on any atom is 0.306 e. The monoisotopic (exact) mass is 254 g/mol. The normalized spacial score (nSPS) is 15.6. The van der Waals surface area contributed by atoms with Gasteiger partial charge in [-0.25, -0.2) is 0 Å². The van der Waals surface area contributed by atoms with Crippen LogP contribution in [-0.2, 0) is 24.1 Å². The van der Waals surface area contributed by atoms with Crippen molar-refractivity contribution in [1.82, 2.24) is 0 Å². The largest absolute Gasteiger partial charge is 0.506 e. The third-order valence-corrected chi connectivity index (χ3v) is 3.74. The minimum Gasteiger partial charge on any atom is -0.506 e. The number of carboxylic acids is 1. The number of carbonyl (C=O) groups is 1. The maximum atomic E-state index is 10.8. The van der Waals surface area contributed by atoms with E-state index in [1.165, 1.54) is 0 Å². The van der Waals surface area contributed by atoms with Crippen LogP contribution in [0, 0.1) is 5.92 Å². The highest BCUT2D eigenvalue weighted by Crippen LogP contribution is 2.38. The Hall–Kier alpha value is -1.22. The molecule has 0 bridgehead atoms. The molecule has 0 aliphatic heterocycles. The van der Waals surface area contributed by atoms with Gasteiger partial charge in [0.2, 0.25) is 0 Å². The topological polar surface area (TPSA) is 57.5 Å². The van der Waals surface area contributed by atoms with Crippen LogP contribution in [-0.4, -0.2) is 16.2 Å². The van der Waals surface area contributed by atoms with Gasteiger partial charge in [0.1, 0.15) is 5.75 Å². The van der Waals surface area contributed by atoms with Gasteiger partial charge >= 0.3 is 5.97 Å². The van der Waals surface area contributed by atoms with Gasteiger partial charge in [0.15, 0.2) is 0 Å². The molecule has 4 heteroatoms. The highest BCUT2D eigenvalue weighted by atomic mass is 35.5. The third kappa shape index (κ3) is 2.25. The number of aryl methyl sites for hydroxylation is 1. The molecule has 0 aromatic heterocycles. The molecule has 1 aromatic carbocycles. The van der Waals surface area contributed by atoms with Crippen molar-refractivity contribution in [2.75, 3.05) is 0 Å². The Labute approximate surface area is 105 Å². The molecule has 0 spiro atoms. The van der Waals surface area contributed by atoms with Gasteiger partial charge in [0.25, 0.3) is 0 Å². The van der Waals surface area contributed by atoms with Crippen LogP contribution in [0.25, 0.3) is 0 Å². The Balaban J connectivity index is 2.36. The summed E-state index contributed by atoms with van der Waals surface area (Å²) in [6.45, 7) is 1.63. The standard InChI is InChI=1S/C13H15ClO3/c1-7(13(16)17)5-9-6-8-3-2-4-10(8)11(14)12(9)15/h6-7,15H,2-5H2,1H3,(H,16,17). The van der Waals surface area contributed by atoms with E-state index in [0.717, 1.165) is 30.4 Å². The van der Waals surface area contributed by atoms with Crippen LogP contribution in [0.15, 0.2) is 6.07 Å². The van der Waals surface area contributed by atoms with Gasteiger partial charge in [-0.2, -0.15) is 0 Å². The second-order valence-electron chi connectivity index (χ2n) is 4.63. The van der Waals surface area contributed by atoms with Gasteiger partial charge in [0, 0.05) is 0 Å². The van der Waals surface area contributed by atoms with Gasteiger partial charge < -0.3 is 10.2 Å². The molecule has 1 atom stereocenters. The first-order chi connectivity index (χ1) is 8.00. The summed E-state index contributed by atoms with van der Waals surface area (Å²) in [6.07, 6.45) is 3.22. The Bertz CT molecular complexity index is 468. The summed E-state index contributed by atoms with van der Waals surface area (Å²) in [6, 6.07) is 1.91. The zero-order valence-electron chi connectivity index (χ0n) is 9.66. The van der Waals surface area contributed by atoms with Gasteiger partial charge in [-0.15, -0.1) is 0 Å². The van der Waals surface area contributed by atoms with Crippen molar-refractivity contribution in [3.63, 3.8) is 0 Å². The first kappa shape index (κ1) is 12.2. The number of benzene rings is 1. The van der Waals surface area contributed by atoms with E-state index >= 15 is 0 Å². The number of hydrogen-bond acceptors (Lipinski definition) is 2. The molecule has 17 heavy (non-hydrogen) atoms. The van der Waals surface area contributed by atoms with Gasteiger partial charge in [-0.3, -0.25) is 4.79 Å². The molecule has 0 amide bonds. The smallest absolute Gasteiger partial charge is 0.306 e. The molecule has 0 saturated heterocycles. The number of hydrogen-bond donors (Lipinski definition) is 2. The van der Waals surface area contributed by atoms with E-state index < -0.39 is 11.9 Å². The lowest BCUT2D eigenvalue weighted by Crippen LogP contribution is -2.12. The van der Waals surface area contributed by atoms with Gasteiger partial charge in [-0.05, 0) is 42.4 Å². The van der Waals surface area contributed by atoms with Crippen LogP contribution in [0.1, 0.15) is 30.0 Å². The van der Waals surface area contributed by atoms with Crippen LogP contribution in [0.3, 0.4) is 0 Å². The maximum absolute atomic E-state index is 10.8. The Morgan fingerprint density at radius 3 is 2.88 bits per heavy atom. The molecule has 0 heterocycles. The van der Waals surface area contributed by atoms with Crippen LogP contribution in [0.5, 0.6) is 5.75 Å². The summed E-state index contributed by atoms with van der Waals surface area (Å²) in [5.74, 6) is -1.32. The zero-order valence-corrected chi connectivity index (χ0v) is 10.4. The summed E-state index contributed by atoms with van der Waals surface area (Å²) in [7, 11) is 0. The van der Waals surface area contributed by atoms with E-state index in [2.05, 4.69) is 0 Å². The fourth-order valence-electron chi connectivity index (χ4n) is 2.31. The van der Waals surface area contributed by atoms with E-state index in [1.807, 2.05) is 6.07 Å². The van der Waals surface area contributed by atoms with Crippen molar-refractivity contribution in [1.29, 1.82) is 0 Å². The minimum absolute atomic E-state index is 0.0559. The second-order valence-corrected chi connectivity index (χ2v) is 5.01. The first-order valence-electron chi connectivity index (χ1n) is 5.75. The van der Waals surface area contributed by atoms with Crippen LogP contribution < -0.4 is 0 Å². The number of phenols is 1. The highest BCUT2D eigenvalue weighted by molar-refractivity contribution is 6.33. The first-order valence-corrected chi connectivity index (χ1v) is 6.13. The van der Waals surface area contributed by atoms with Crippen LogP contribution >= 0.6 is 11.6 Å². The predicted octanol–water partition coefficient (Wildman–Crippen LogP) is 2.80. The summed E-state index contributed by atoms with van der Waals surface area (Å²) in [4.78, 5) is 10.8. The number of aliphatic carboxylic acids is 1. The number of aromatic hydroxyl groups is 1. The lowest BCUT2D eigenvalue weighted by atomic mass is 9.97. The Morgan fingerprint density at radius 2 is 2.24 bits per heavy atom. The summed E-state index contributed by atoms with van der Waals surface area (Å²) in [5, 5.41) is 19.3. The van der Waals surface area contributed by atoms with E-state index in [1.54, 1.807) is 6.92 Å². The number of rotatable bonds is 3. The molecule has 3 nitrogen and oxygen atoms in total. The molecule has 2 N–H and O–H groups in total. The third-order valence-electron chi connectivity index (χ3n) is 3.33. The van der Waals surface area contributed by atoms with E-state index in [-0.39, 0.29) is 5.75 Å². The predicted molar refractivity (Wildman–Crippen MR) is 65.6 cm³/mol. The lowest BCUT2D eigenvalue weighted by molar-refractivity contribution is -0.141. The van der Waals surface area contributed by atoms with Crippen LogP contribution in [0.2, 0.25) is 5.02 Å². The van der Waals surface area contributed by atoms with Gasteiger partial charge in [0.05, 0.1) is 10.9 Å². The van der Waals surface area contributed by atoms with Crippen LogP contribution in [0.4, 0.5) is 0 Å². The van der Waals surface area contributed by atoms with Crippen molar-refractivity contribution in [2.45, 2.75) is 32.6 Å². The molecule has 92 valence electrons. The molecule has 1 aromatic rings. The average Bonchev–Trinajstić information content (AvgIpc) is 2.73. The number of halogens is 1. The van der Waals surface area contributed by atoms with E-state index in [0.29, 0.717) is 17.0 Å². The zero-order chi connectivity index (χ0) is 12.6. The van der Waals surface area contributed by atoms with Crippen molar-refractivity contribution in [3.8, 4) is 5.75 Å². The molecule has 0 radical (unpaired) electrons. The molecule has 0 fully saturated rings. The fourth-order valence-corrected chi connectivity index (χ4v) is 2.65. The van der Waals surface area contributed by atoms with Crippen molar-refractivity contribution in [2.24, 2.45) is 5.92 Å². The molecule has 1 aliphatic rings. The van der Waals surface area contributed by atoms with Crippen molar-refractivity contribution in [3.05, 3.63) is 27.8 Å². The number of phenolic OH excluding ortho intramolecular Hbond substituents is 1. The Kier molecular flexibility index (Phi) is 3.29. The fraction of sp³-hybridized carbons (Fsp3) is 0.462. The molecule has 1 aliphatic carbocycles. The summed E-state index contributed by atoms with van der Waals surface area (Å²) >= 11 is 6.11. The van der Waals surface area contributed by atoms with E-state index in [4.69, 9.17) is 16.7 Å². The van der Waals surface area contributed by atoms with Crippen molar-refractivity contribution >= 4 is 17.6 Å². The molecular formula is C13H15ClO3. The highest BCUT2D eigenvalue weighted by Gasteiger charge is 2.22. The molecule has 0 saturated carbocycles. The Morgan fingerprint density at radius 1 is 1.53 bits per heavy atom. The molecule has 2 rings (SSSR count). The minimum atomic E-state index is -0.860. The average molecular weight is 255 g/mol. The molecule has 1 unspecified atom stereocenters. The van der Waals surface area contributed by atoms with Crippen molar-refractivity contribution < 1.29 is 15.0 Å². The quantitative estimate of drug-likeness (QED) is 0.872. The lowest BCUT2D eigenvalue weighted by Gasteiger charge is -2.13. The summed E-state index contributed by atoms with van der Waals surface area (Å²) < 4.78 is 0. The molecular weight excluding hydrogens is 240 g/mol. The number of fused-ring (bicyclic) bond motifs is 1. The SMILES string of the molecule is CC(Cc1cc2c(c(Cl)c1O)CCC2)C(=O)O. The van der Waals surface area contributed by atoms with E-state index in [9.17, 15) is 9.90 Å². The number of carboxylic acid groups (broad SMARTS) is 1. The second kappa shape index (κ2) is 4.57. The van der Waals surface area contributed by atoms with Gasteiger partial charge in [-0.1, -0.05) is 24.6 Å².